The number of pyridine rings is 1. The van der Waals surface area contributed by atoms with E-state index in [9.17, 15) is 14.3 Å². The van der Waals surface area contributed by atoms with Gasteiger partial charge in [0.15, 0.2) is 0 Å². The summed E-state index contributed by atoms with van der Waals surface area (Å²) in [6.07, 6.45) is 2.38. The molecule has 0 radical (unpaired) electrons. The smallest absolute Gasteiger partial charge is 0.303 e. The van der Waals surface area contributed by atoms with Gasteiger partial charge in [0.25, 0.3) is 0 Å². The number of carboxylic acid groups (broad SMARTS) is 1. The lowest BCUT2D eigenvalue weighted by Gasteiger charge is -2.38. The maximum absolute atomic E-state index is 15.5. The number of hydrogen-bond acceptors (Lipinski definition) is 5. The molecule has 1 unspecified atom stereocenters. The largest absolute Gasteiger partial charge is 0.497 e. The third kappa shape index (κ3) is 6.95. The molecule has 1 saturated heterocycles. The Bertz CT molecular complexity index is 1180. The molecule has 0 amide bonds. The number of ether oxygens (including phenoxy) is 1. The second kappa shape index (κ2) is 12.5. The van der Waals surface area contributed by atoms with Crippen molar-refractivity contribution in [3.63, 3.8) is 0 Å². The minimum absolute atomic E-state index is 0.0168. The highest BCUT2D eigenvalue weighted by Gasteiger charge is 2.31. The molecule has 0 aliphatic carbocycles. The van der Waals surface area contributed by atoms with Gasteiger partial charge < -0.3 is 14.7 Å². The Morgan fingerprint density at radius 2 is 2.11 bits per heavy atom. The predicted molar refractivity (Wildman–Crippen MR) is 139 cm³/mol. The second-order valence-electron chi connectivity index (χ2n) is 9.34. The number of thioether (sulfide) groups is 1. The highest BCUT2D eigenvalue weighted by molar-refractivity contribution is 7.99. The van der Waals surface area contributed by atoms with Crippen LogP contribution in [-0.2, 0) is 4.79 Å². The van der Waals surface area contributed by atoms with Gasteiger partial charge in [-0.15, -0.1) is 11.8 Å². The number of aromatic nitrogens is 1. The second-order valence-corrected chi connectivity index (χ2v) is 10.5. The first-order valence-corrected chi connectivity index (χ1v) is 13.3. The molecule has 1 N–H and O–H groups in total. The average molecular weight is 515 g/mol. The van der Waals surface area contributed by atoms with Crippen LogP contribution < -0.4 is 4.74 Å². The maximum Gasteiger partial charge on any atom is 0.303 e. The molecule has 3 aromatic rings. The first kappa shape index (κ1) is 26.4. The summed E-state index contributed by atoms with van der Waals surface area (Å²) in [5.41, 5.74) is 1.32. The molecule has 192 valence electrons. The van der Waals surface area contributed by atoms with Crippen molar-refractivity contribution in [2.24, 2.45) is 11.8 Å². The number of rotatable bonds is 11. The van der Waals surface area contributed by atoms with Crippen LogP contribution in [0.25, 0.3) is 10.9 Å². The number of alkyl halides is 1. The van der Waals surface area contributed by atoms with E-state index in [0.29, 0.717) is 30.7 Å². The molecule has 0 saturated carbocycles. The fourth-order valence-electron chi connectivity index (χ4n) is 5.11. The van der Waals surface area contributed by atoms with Gasteiger partial charge in [0, 0.05) is 41.7 Å². The summed E-state index contributed by atoms with van der Waals surface area (Å²) in [6.45, 7) is 2.35. The zero-order valence-corrected chi connectivity index (χ0v) is 21.2. The summed E-state index contributed by atoms with van der Waals surface area (Å²) in [6, 6.07) is 13.7. The van der Waals surface area contributed by atoms with Gasteiger partial charge in [0.1, 0.15) is 17.7 Å². The standard InChI is InChI=1S/C28H32F2N2O3S/c1-35-22-6-8-27-25(17-22)24(9-11-31-27)26(30)7-5-19-10-12-32(18-20(19)15-28(33)34)13-14-36-23-4-2-3-21(29)16-23/h2-4,6,8-9,11,16-17,19-20,26H,5,7,10,12-15,18H2,1H3,(H,33,34)/t19-,20+,26?/m1/s1. The molecule has 1 aliphatic heterocycles. The van der Waals surface area contributed by atoms with Crippen molar-refractivity contribution >= 4 is 28.6 Å². The fraction of sp³-hybridized carbons (Fsp3) is 0.429. The molecule has 2 aromatic carbocycles. The monoisotopic (exact) mass is 514 g/mol. The first-order valence-electron chi connectivity index (χ1n) is 12.3. The molecule has 1 aromatic heterocycles. The van der Waals surface area contributed by atoms with Gasteiger partial charge in [0.05, 0.1) is 12.6 Å². The van der Waals surface area contributed by atoms with Crippen molar-refractivity contribution in [3.8, 4) is 5.75 Å². The van der Waals surface area contributed by atoms with Gasteiger partial charge in [-0.25, -0.2) is 8.78 Å². The minimum Gasteiger partial charge on any atom is -0.497 e. The van der Waals surface area contributed by atoms with E-state index in [0.717, 1.165) is 41.1 Å². The van der Waals surface area contributed by atoms with Crippen molar-refractivity contribution < 1.29 is 23.4 Å². The van der Waals surface area contributed by atoms with Gasteiger partial charge in [0.2, 0.25) is 0 Å². The van der Waals surface area contributed by atoms with Crippen molar-refractivity contribution in [1.29, 1.82) is 0 Å². The third-order valence-electron chi connectivity index (χ3n) is 7.00. The molecule has 36 heavy (non-hydrogen) atoms. The van der Waals surface area contributed by atoms with Crippen LogP contribution in [0.3, 0.4) is 0 Å². The Kier molecular flexibility index (Phi) is 9.15. The highest BCUT2D eigenvalue weighted by Crippen LogP contribution is 2.36. The minimum atomic E-state index is -1.16. The van der Waals surface area contributed by atoms with E-state index in [1.54, 1.807) is 37.2 Å². The number of halogens is 2. The molecular formula is C28H32F2N2O3S. The van der Waals surface area contributed by atoms with Crippen LogP contribution in [-0.4, -0.2) is 53.5 Å². The van der Waals surface area contributed by atoms with Crippen molar-refractivity contribution in [1.82, 2.24) is 9.88 Å². The van der Waals surface area contributed by atoms with Crippen LogP contribution in [0, 0.1) is 17.7 Å². The lowest BCUT2D eigenvalue weighted by atomic mass is 9.79. The number of hydrogen-bond donors (Lipinski definition) is 1. The van der Waals surface area contributed by atoms with Gasteiger partial charge in [-0.1, -0.05) is 6.07 Å². The normalized spacial score (nSPS) is 19.3. The van der Waals surface area contributed by atoms with Gasteiger partial charge in [-0.3, -0.25) is 9.78 Å². The molecule has 1 aliphatic rings. The Morgan fingerprint density at radius 3 is 2.89 bits per heavy atom. The Hall–Kier alpha value is -2.71. The summed E-state index contributed by atoms with van der Waals surface area (Å²) >= 11 is 1.60. The summed E-state index contributed by atoms with van der Waals surface area (Å²) in [5.74, 6) is 0.552. The van der Waals surface area contributed by atoms with E-state index in [2.05, 4.69) is 9.88 Å². The quantitative estimate of drug-likeness (QED) is 0.300. The van der Waals surface area contributed by atoms with Crippen molar-refractivity contribution in [2.75, 3.05) is 32.5 Å². The molecule has 1 fully saturated rings. The number of nitrogens with zero attached hydrogens (tertiary/aromatic N) is 2. The zero-order chi connectivity index (χ0) is 25.5. The van der Waals surface area contributed by atoms with Gasteiger partial charge in [-0.2, -0.15) is 0 Å². The van der Waals surface area contributed by atoms with Crippen molar-refractivity contribution in [3.05, 3.63) is 66.1 Å². The van der Waals surface area contributed by atoms with E-state index < -0.39 is 12.1 Å². The molecule has 3 atom stereocenters. The lowest BCUT2D eigenvalue weighted by Crippen LogP contribution is -2.42. The number of carbonyl (C=O) groups is 1. The lowest BCUT2D eigenvalue weighted by molar-refractivity contribution is -0.139. The van der Waals surface area contributed by atoms with Crippen LogP contribution in [0.15, 0.2) is 59.6 Å². The van der Waals surface area contributed by atoms with Crippen LogP contribution in [0.2, 0.25) is 0 Å². The van der Waals surface area contributed by atoms with E-state index in [1.165, 1.54) is 12.1 Å². The number of methoxy groups -OCH3 is 1. The van der Waals surface area contributed by atoms with E-state index in [4.69, 9.17) is 4.74 Å². The topological polar surface area (TPSA) is 62.7 Å². The number of benzene rings is 2. The summed E-state index contributed by atoms with van der Waals surface area (Å²) < 4.78 is 34.2. The Labute approximate surface area is 214 Å². The number of aliphatic carboxylic acids is 1. The molecule has 0 bridgehead atoms. The highest BCUT2D eigenvalue weighted by atomic mass is 32.2. The summed E-state index contributed by atoms with van der Waals surface area (Å²) in [4.78, 5) is 19.1. The SMILES string of the molecule is COc1ccc2nccc(C(F)CC[C@@H]3CCN(CCSc4cccc(F)c4)C[C@@H]3CC(=O)O)c2c1. The van der Waals surface area contributed by atoms with Gasteiger partial charge >= 0.3 is 5.97 Å². The summed E-state index contributed by atoms with van der Waals surface area (Å²) in [7, 11) is 1.58. The predicted octanol–water partition coefficient (Wildman–Crippen LogP) is 6.38. The molecule has 5 nitrogen and oxygen atoms in total. The van der Waals surface area contributed by atoms with E-state index >= 15 is 4.39 Å². The van der Waals surface area contributed by atoms with E-state index in [-0.39, 0.29) is 24.1 Å². The zero-order valence-electron chi connectivity index (χ0n) is 20.4. The number of piperidine rings is 1. The van der Waals surface area contributed by atoms with Crippen LogP contribution in [0.1, 0.15) is 37.4 Å². The Morgan fingerprint density at radius 1 is 1.25 bits per heavy atom. The molecule has 2 heterocycles. The molecule has 8 heteroatoms. The molecule has 0 spiro atoms. The molecular weight excluding hydrogens is 482 g/mol. The molecule has 4 rings (SSSR count). The summed E-state index contributed by atoms with van der Waals surface area (Å²) in [5, 5.41) is 10.2. The third-order valence-corrected chi connectivity index (χ3v) is 7.97. The van der Waals surface area contributed by atoms with Crippen molar-refractivity contribution in [2.45, 2.75) is 36.8 Å². The number of likely N-dealkylation sites (tertiary alicyclic amines) is 1. The van der Waals surface area contributed by atoms with Crippen LogP contribution in [0.4, 0.5) is 8.78 Å². The van der Waals surface area contributed by atoms with Crippen LogP contribution >= 0.6 is 11.8 Å². The maximum atomic E-state index is 15.5. The van der Waals surface area contributed by atoms with Gasteiger partial charge in [-0.05, 0) is 85.7 Å². The first-order chi connectivity index (χ1) is 17.4. The van der Waals surface area contributed by atoms with Crippen LogP contribution in [0.5, 0.6) is 5.75 Å². The number of fused-ring (bicyclic) bond motifs is 1. The Balaban J connectivity index is 1.34. The van der Waals surface area contributed by atoms with E-state index in [1.807, 2.05) is 24.3 Å². The number of carboxylic acids is 1. The average Bonchev–Trinajstić information content (AvgIpc) is 2.87. The fourth-order valence-corrected chi connectivity index (χ4v) is 6.06.